The van der Waals surface area contributed by atoms with Gasteiger partial charge in [-0.2, -0.15) is 0 Å². The topological polar surface area (TPSA) is 82.2 Å². The number of nitrogens with one attached hydrogen (secondary N) is 1. The van der Waals surface area contributed by atoms with E-state index in [1.165, 1.54) is 0 Å². The van der Waals surface area contributed by atoms with Crippen LogP contribution in [0, 0.1) is 5.92 Å². The van der Waals surface area contributed by atoms with Gasteiger partial charge in [-0.25, -0.2) is 0 Å². The SMILES string of the molecule is COc1ccc(N2C[C@@H](C(=O)NCC(=O)N3CCN(c4ccccc4)CC3)CC2=O)cc1. The highest BCUT2D eigenvalue weighted by Crippen LogP contribution is 2.27. The molecule has 2 aliphatic heterocycles. The number of amides is 3. The van der Waals surface area contributed by atoms with E-state index >= 15 is 0 Å². The first kappa shape index (κ1) is 21.7. The fourth-order valence-corrected chi connectivity index (χ4v) is 4.17. The van der Waals surface area contributed by atoms with Crippen molar-refractivity contribution < 1.29 is 19.1 Å². The molecule has 1 N–H and O–H groups in total. The molecule has 0 unspecified atom stereocenters. The number of carbonyl (C=O) groups excluding carboxylic acids is 3. The van der Waals surface area contributed by atoms with E-state index in [0.29, 0.717) is 25.4 Å². The minimum absolute atomic E-state index is 0.0442. The molecule has 2 fully saturated rings. The van der Waals surface area contributed by atoms with Crippen molar-refractivity contribution in [1.82, 2.24) is 10.2 Å². The number of hydrogen-bond acceptors (Lipinski definition) is 5. The summed E-state index contributed by atoms with van der Waals surface area (Å²) in [5.74, 6) is -0.211. The lowest BCUT2D eigenvalue weighted by atomic mass is 10.1. The zero-order chi connectivity index (χ0) is 22.5. The fraction of sp³-hybridized carbons (Fsp3) is 0.375. The number of piperazine rings is 1. The Morgan fingerprint density at radius 1 is 0.969 bits per heavy atom. The lowest BCUT2D eigenvalue weighted by Crippen LogP contribution is -2.51. The van der Waals surface area contributed by atoms with Crippen LogP contribution in [0.4, 0.5) is 11.4 Å². The number of hydrogen-bond donors (Lipinski definition) is 1. The summed E-state index contributed by atoms with van der Waals surface area (Å²) < 4.78 is 5.14. The third-order valence-corrected chi connectivity index (χ3v) is 6.05. The van der Waals surface area contributed by atoms with Gasteiger partial charge in [0.15, 0.2) is 0 Å². The van der Waals surface area contributed by atoms with Gasteiger partial charge in [-0.3, -0.25) is 14.4 Å². The number of ether oxygens (including phenoxy) is 1. The first-order chi connectivity index (χ1) is 15.5. The molecule has 8 heteroatoms. The van der Waals surface area contributed by atoms with Crippen LogP contribution in [0.5, 0.6) is 5.75 Å². The Morgan fingerprint density at radius 2 is 1.66 bits per heavy atom. The summed E-state index contributed by atoms with van der Waals surface area (Å²) in [6, 6.07) is 17.3. The predicted molar refractivity (Wildman–Crippen MR) is 122 cm³/mol. The smallest absolute Gasteiger partial charge is 0.242 e. The molecule has 32 heavy (non-hydrogen) atoms. The normalized spacial score (nSPS) is 18.6. The molecule has 0 spiro atoms. The Kier molecular flexibility index (Phi) is 6.58. The lowest BCUT2D eigenvalue weighted by Gasteiger charge is -2.36. The van der Waals surface area contributed by atoms with E-state index in [1.54, 1.807) is 41.2 Å². The standard InChI is InChI=1S/C24H28N4O4/c1-32-21-9-7-20(8-10-21)28-17-18(15-22(28)29)24(31)25-16-23(30)27-13-11-26(12-14-27)19-5-3-2-4-6-19/h2-10,18H,11-17H2,1H3,(H,25,31)/t18-/m0/s1. The van der Waals surface area contributed by atoms with Crippen LogP contribution in [0.2, 0.25) is 0 Å². The molecule has 0 radical (unpaired) electrons. The van der Waals surface area contributed by atoms with Crippen molar-refractivity contribution in [3.05, 3.63) is 54.6 Å². The monoisotopic (exact) mass is 436 g/mol. The van der Waals surface area contributed by atoms with Crippen molar-refractivity contribution in [2.45, 2.75) is 6.42 Å². The van der Waals surface area contributed by atoms with Gasteiger partial charge >= 0.3 is 0 Å². The number of para-hydroxylation sites is 1. The number of benzene rings is 2. The molecule has 3 amide bonds. The van der Waals surface area contributed by atoms with E-state index in [1.807, 2.05) is 18.2 Å². The Balaban J connectivity index is 1.24. The van der Waals surface area contributed by atoms with Gasteiger partial charge in [-0.1, -0.05) is 18.2 Å². The molecule has 2 aliphatic rings. The van der Waals surface area contributed by atoms with E-state index in [0.717, 1.165) is 24.5 Å². The van der Waals surface area contributed by atoms with Crippen molar-refractivity contribution in [3.63, 3.8) is 0 Å². The maximum atomic E-state index is 12.6. The average Bonchev–Trinajstić information content (AvgIpc) is 3.24. The van der Waals surface area contributed by atoms with Gasteiger partial charge < -0.3 is 24.8 Å². The van der Waals surface area contributed by atoms with Crippen LogP contribution in [0.25, 0.3) is 0 Å². The molecule has 1 atom stereocenters. The van der Waals surface area contributed by atoms with Crippen LogP contribution in [-0.2, 0) is 14.4 Å². The highest BCUT2D eigenvalue weighted by atomic mass is 16.5. The van der Waals surface area contributed by atoms with Crippen LogP contribution < -0.4 is 19.9 Å². The summed E-state index contributed by atoms with van der Waals surface area (Å²) in [6.07, 6.45) is 0.141. The molecule has 0 aromatic heterocycles. The van der Waals surface area contributed by atoms with Gasteiger partial charge in [0, 0.05) is 50.5 Å². The van der Waals surface area contributed by atoms with E-state index in [2.05, 4.69) is 22.3 Å². The summed E-state index contributed by atoms with van der Waals surface area (Å²) in [4.78, 5) is 43.2. The molecule has 2 aromatic rings. The fourth-order valence-electron chi connectivity index (χ4n) is 4.17. The molecule has 4 rings (SSSR count). The quantitative estimate of drug-likeness (QED) is 0.743. The van der Waals surface area contributed by atoms with Gasteiger partial charge in [0.05, 0.1) is 19.6 Å². The first-order valence-electron chi connectivity index (χ1n) is 10.8. The molecule has 0 aliphatic carbocycles. The predicted octanol–water partition coefficient (Wildman–Crippen LogP) is 1.51. The molecule has 2 saturated heterocycles. The van der Waals surface area contributed by atoms with Gasteiger partial charge in [-0.15, -0.1) is 0 Å². The van der Waals surface area contributed by atoms with Crippen LogP contribution in [-0.4, -0.2) is 69.0 Å². The molecular formula is C24H28N4O4. The Labute approximate surface area is 187 Å². The van der Waals surface area contributed by atoms with Crippen LogP contribution in [0.3, 0.4) is 0 Å². The number of carbonyl (C=O) groups is 3. The second kappa shape index (κ2) is 9.72. The Morgan fingerprint density at radius 3 is 2.31 bits per heavy atom. The summed E-state index contributed by atoms with van der Waals surface area (Å²) in [7, 11) is 1.58. The minimum atomic E-state index is -0.465. The van der Waals surface area contributed by atoms with Crippen molar-refractivity contribution in [2.75, 3.05) is 56.2 Å². The van der Waals surface area contributed by atoms with Gasteiger partial charge in [-0.05, 0) is 36.4 Å². The second-order valence-corrected chi connectivity index (χ2v) is 8.02. The van der Waals surface area contributed by atoms with Gasteiger partial charge in [0.2, 0.25) is 17.7 Å². The zero-order valence-electron chi connectivity index (χ0n) is 18.2. The summed E-state index contributed by atoms with van der Waals surface area (Å²) in [5, 5.41) is 2.73. The first-order valence-corrected chi connectivity index (χ1v) is 10.8. The number of rotatable bonds is 6. The molecule has 2 aromatic carbocycles. The van der Waals surface area contributed by atoms with Crippen molar-refractivity contribution >= 4 is 29.1 Å². The van der Waals surface area contributed by atoms with E-state index in [-0.39, 0.29) is 30.7 Å². The van der Waals surface area contributed by atoms with Crippen LogP contribution >= 0.6 is 0 Å². The lowest BCUT2D eigenvalue weighted by molar-refractivity contribution is -0.134. The van der Waals surface area contributed by atoms with E-state index < -0.39 is 5.92 Å². The van der Waals surface area contributed by atoms with E-state index in [4.69, 9.17) is 4.74 Å². The maximum Gasteiger partial charge on any atom is 0.242 e. The van der Waals surface area contributed by atoms with Gasteiger partial charge in [0.1, 0.15) is 5.75 Å². The highest BCUT2D eigenvalue weighted by molar-refractivity contribution is 6.00. The maximum absolute atomic E-state index is 12.6. The minimum Gasteiger partial charge on any atom is -0.497 e. The molecule has 0 bridgehead atoms. The zero-order valence-corrected chi connectivity index (χ0v) is 18.2. The highest BCUT2D eigenvalue weighted by Gasteiger charge is 2.35. The second-order valence-electron chi connectivity index (χ2n) is 8.02. The number of nitrogens with zero attached hydrogens (tertiary/aromatic N) is 3. The molecule has 0 saturated carbocycles. The third-order valence-electron chi connectivity index (χ3n) is 6.05. The van der Waals surface area contributed by atoms with Crippen LogP contribution in [0.15, 0.2) is 54.6 Å². The summed E-state index contributed by atoms with van der Waals surface area (Å²) in [5.41, 5.74) is 1.89. The van der Waals surface area contributed by atoms with Crippen LogP contribution in [0.1, 0.15) is 6.42 Å². The number of anilines is 2. The molecular weight excluding hydrogens is 408 g/mol. The Bertz CT molecular complexity index is 956. The molecule has 168 valence electrons. The summed E-state index contributed by atoms with van der Waals surface area (Å²) >= 11 is 0. The third kappa shape index (κ3) is 4.85. The molecule has 8 nitrogen and oxygen atoms in total. The Hall–Kier alpha value is -3.55. The molecule has 2 heterocycles. The van der Waals surface area contributed by atoms with Gasteiger partial charge in [0.25, 0.3) is 0 Å². The average molecular weight is 437 g/mol. The summed E-state index contributed by atoms with van der Waals surface area (Å²) in [6.45, 7) is 3.03. The van der Waals surface area contributed by atoms with Crippen molar-refractivity contribution in [1.29, 1.82) is 0 Å². The largest absolute Gasteiger partial charge is 0.497 e. The number of methoxy groups -OCH3 is 1. The van der Waals surface area contributed by atoms with Crippen molar-refractivity contribution in [3.8, 4) is 5.75 Å². The van der Waals surface area contributed by atoms with E-state index in [9.17, 15) is 14.4 Å². The van der Waals surface area contributed by atoms with Crippen molar-refractivity contribution in [2.24, 2.45) is 5.92 Å².